The topological polar surface area (TPSA) is 13.1 Å². The molecule has 0 saturated carbocycles. The highest BCUT2D eigenvalue weighted by Crippen LogP contribution is 2.48. The molecule has 0 N–H and O–H groups in total. The Morgan fingerprint density at radius 1 is 0.309 bits per heavy atom. The summed E-state index contributed by atoms with van der Waals surface area (Å²) in [6.07, 6.45) is 0. The Kier molecular flexibility index (Phi) is 4.57. The number of rotatable bonds is 5. The van der Waals surface area contributed by atoms with Crippen molar-refractivity contribution in [1.82, 2.24) is 0 Å². The minimum absolute atomic E-state index is 0.0156. The first-order valence-corrected chi connectivity index (χ1v) is 17.7. The lowest BCUT2D eigenvalue weighted by Crippen LogP contribution is -1.92. The van der Waals surface area contributed by atoms with E-state index in [9.17, 15) is 6.85 Å². The molecular weight excluding hydrogens is 665 g/mol. The van der Waals surface area contributed by atoms with E-state index < -0.39 is 107 Å². The average Bonchev–Trinajstić information content (AvgIpc) is 3.77. The fraction of sp³-hybridized carbons (Fsp3) is 0. The van der Waals surface area contributed by atoms with Gasteiger partial charge in [-0.1, -0.05) is 188 Å². The summed E-state index contributed by atoms with van der Waals surface area (Å²) in [5.74, 6) is 0. The van der Waals surface area contributed by atoms with Crippen LogP contribution in [0.5, 0.6) is 0 Å². The smallest absolute Gasteiger partial charge is 0.136 e. The molecule has 10 aromatic carbocycles. The van der Waals surface area contributed by atoms with E-state index >= 15 is 0 Å². The van der Waals surface area contributed by atoms with Crippen LogP contribution in [0.4, 0.5) is 0 Å². The van der Waals surface area contributed by atoms with Gasteiger partial charge in [0.2, 0.25) is 0 Å². The summed E-state index contributed by atoms with van der Waals surface area (Å²) >= 11 is 0. The highest BCUT2D eigenvalue weighted by atomic mass is 16.3. The summed E-state index contributed by atoms with van der Waals surface area (Å²) < 4.78 is 142. The third-order valence-electron chi connectivity index (χ3n) is 10.2. The van der Waals surface area contributed by atoms with E-state index in [1.807, 2.05) is 91.0 Å². The molecule has 0 unspecified atom stereocenters. The molecule has 0 atom stereocenters. The van der Waals surface area contributed by atoms with Crippen LogP contribution in [0.25, 0.3) is 110 Å². The van der Waals surface area contributed by atoms with Crippen LogP contribution in [0.3, 0.4) is 0 Å². The van der Waals surface area contributed by atoms with Crippen LogP contribution in [-0.2, 0) is 0 Å². The first kappa shape index (κ1) is 19.7. The van der Waals surface area contributed by atoms with Crippen molar-refractivity contribution in [2.75, 3.05) is 0 Å². The van der Waals surface area contributed by atoms with E-state index in [1.165, 1.54) is 0 Å². The number of hydrogen-bond donors (Lipinski definition) is 0. The molecule has 11 aromatic rings. The summed E-state index contributed by atoms with van der Waals surface area (Å²) in [6.45, 7) is 0. The molecule has 0 radical (unpaired) electrons. The lowest BCUT2D eigenvalue weighted by atomic mass is 9.84. The van der Waals surface area contributed by atoms with Crippen molar-refractivity contribution in [1.29, 1.82) is 0 Å². The summed E-state index contributed by atoms with van der Waals surface area (Å²) in [4.78, 5) is 0. The second-order valence-electron chi connectivity index (χ2n) is 13.2. The quantitative estimate of drug-likeness (QED) is 0.162. The van der Waals surface area contributed by atoms with Crippen molar-refractivity contribution in [2.24, 2.45) is 0 Å². The van der Waals surface area contributed by atoms with E-state index in [0.717, 1.165) is 44.2 Å². The lowest BCUT2D eigenvalue weighted by molar-refractivity contribution is 0.669. The molecule has 256 valence electrons. The predicted octanol–water partition coefficient (Wildman–Crippen LogP) is 15.4. The second-order valence-corrected chi connectivity index (χ2v) is 13.2. The van der Waals surface area contributed by atoms with Crippen LogP contribution in [0, 0.1) is 0 Å². The Hall–Kier alpha value is -7.22. The van der Waals surface area contributed by atoms with Gasteiger partial charge < -0.3 is 4.42 Å². The monoisotopic (exact) mass is 713 g/mol. The molecule has 0 fully saturated rings. The molecule has 0 aliphatic heterocycles. The zero-order valence-electron chi connectivity index (χ0n) is 43.9. The number of hydrogen-bond acceptors (Lipinski definition) is 1. The van der Waals surface area contributed by atoms with E-state index in [1.54, 1.807) is 12.1 Å². The molecule has 55 heavy (non-hydrogen) atoms. The Morgan fingerprint density at radius 2 is 0.873 bits per heavy atom. The van der Waals surface area contributed by atoms with Crippen molar-refractivity contribution < 1.29 is 25.0 Å². The normalized spacial score (nSPS) is 15.5. The van der Waals surface area contributed by atoms with Gasteiger partial charge in [-0.05, 0) is 101 Å². The van der Waals surface area contributed by atoms with Gasteiger partial charge >= 0.3 is 0 Å². The third-order valence-corrected chi connectivity index (χ3v) is 10.2. The van der Waals surface area contributed by atoms with Gasteiger partial charge in [0.25, 0.3) is 0 Å². The zero-order chi connectivity index (χ0) is 49.3. The number of benzene rings is 10. The Morgan fingerprint density at radius 3 is 1.60 bits per heavy atom. The zero-order valence-corrected chi connectivity index (χ0v) is 28.9. The number of para-hydroxylation sites is 1. The maximum absolute atomic E-state index is 9.51. The maximum atomic E-state index is 9.51. The fourth-order valence-corrected chi connectivity index (χ4v) is 7.90. The standard InChI is InChI=1S/C54H34O/c1-2-15-35(16-3-1)39-19-6-7-21-41(39)47-33-34-50-54(48-26-12-13-28-49(48)55-50)52(47)38-31-29-37(30-32-38)51-43-22-8-10-24-45(43)53(46-25-11-9-23-44(46)51)42-27-14-18-36-17-4-5-20-40(36)42/h1-34H/i4D,5D,8D,9D,10D,11D,14D,17D,18D,20D,22D,23D,24D,25D,27D. The minimum Gasteiger partial charge on any atom is -0.456 e. The first-order valence-electron chi connectivity index (χ1n) is 25.2. The summed E-state index contributed by atoms with van der Waals surface area (Å²) in [5.41, 5.74) is 6.21. The van der Waals surface area contributed by atoms with Crippen molar-refractivity contribution in [3.63, 3.8) is 0 Å². The third kappa shape index (κ3) is 5.01. The van der Waals surface area contributed by atoms with Crippen LogP contribution < -0.4 is 0 Å². The van der Waals surface area contributed by atoms with Crippen LogP contribution >= 0.6 is 0 Å². The number of fused-ring (bicyclic) bond motifs is 6. The summed E-state index contributed by atoms with van der Waals surface area (Å²) in [7, 11) is 0. The molecule has 0 aliphatic rings. The molecule has 11 rings (SSSR count). The molecule has 1 heterocycles. The molecule has 1 heteroatoms. The van der Waals surface area contributed by atoms with Gasteiger partial charge in [-0.3, -0.25) is 0 Å². The SMILES string of the molecule is [2H]c1c([2H])c([2H])c2c(-c3c4c([2H])c([2H])c([2H])c([2H])c4c(-c4ccc(-c5c(-c6ccccc6-c6ccccc6)ccc6oc7ccccc7c56)cc4)c4c([2H])c([2H])c([2H])c([2H])c34)c([2H])c([2H])c([2H])c2c1[2H]. The van der Waals surface area contributed by atoms with Crippen molar-refractivity contribution in [3.8, 4) is 55.6 Å². The molecule has 1 nitrogen and oxygen atoms in total. The molecule has 1 aromatic heterocycles. The van der Waals surface area contributed by atoms with Crippen molar-refractivity contribution in [3.05, 3.63) is 206 Å². The Bertz CT molecular complexity index is 4020. The highest BCUT2D eigenvalue weighted by molar-refractivity contribution is 6.24. The maximum Gasteiger partial charge on any atom is 0.136 e. The minimum atomic E-state index is -0.763. The van der Waals surface area contributed by atoms with Crippen LogP contribution in [0.1, 0.15) is 20.6 Å². The summed E-state index contributed by atoms with van der Waals surface area (Å²) in [6, 6.07) is 26.6. The molecule has 0 saturated heterocycles. The molecular formula is C54H34O. The van der Waals surface area contributed by atoms with E-state index in [-0.39, 0.29) is 32.7 Å². The molecule has 0 amide bonds. The molecule has 0 bridgehead atoms. The van der Waals surface area contributed by atoms with Gasteiger partial charge in [0.1, 0.15) is 11.2 Å². The average molecular weight is 714 g/mol. The van der Waals surface area contributed by atoms with Crippen LogP contribution in [0.15, 0.2) is 210 Å². The van der Waals surface area contributed by atoms with E-state index in [4.69, 9.17) is 18.1 Å². The van der Waals surface area contributed by atoms with Crippen molar-refractivity contribution >= 4 is 54.3 Å². The highest BCUT2D eigenvalue weighted by Gasteiger charge is 2.21. The van der Waals surface area contributed by atoms with Gasteiger partial charge in [0.05, 0.1) is 20.6 Å². The van der Waals surface area contributed by atoms with E-state index in [2.05, 4.69) is 12.1 Å². The Labute approximate surface area is 340 Å². The van der Waals surface area contributed by atoms with Gasteiger partial charge in [-0.15, -0.1) is 0 Å². The van der Waals surface area contributed by atoms with Gasteiger partial charge in [-0.2, -0.15) is 0 Å². The van der Waals surface area contributed by atoms with Crippen molar-refractivity contribution in [2.45, 2.75) is 0 Å². The van der Waals surface area contributed by atoms with Gasteiger partial charge in [-0.25, -0.2) is 0 Å². The fourth-order valence-electron chi connectivity index (χ4n) is 7.90. The molecule has 0 aliphatic carbocycles. The molecule has 0 spiro atoms. The summed E-state index contributed by atoms with van der Waals surface area (Å²) in [5, 5.41) is -0.138. The largest absolute Gasteiger partial charge is 0.456 e. The first-order chi connectivity index (χ1) is 33.5. The van der Waals surface area contributed by atoms with E-state index in [0.29, 0.717) is 16.7 Å². The van der Waals surface area contributed by atoms with Gasteiger partial charge in [0.15, 0.2) is 0 Å². The van der Waals surface area contributed by atoms with Crippen LogP contribution in [-0.4, -0.2) is 0 Å². The lowest BCUT2D eigenvalue weighted by Gasteiger charge is -2.19. The van der Waals surface area contributed by atoms with Crippen LogP contribution in [0.2, 0.25) is 0 Å². The Balaban J connectivity index is 1.28. The number of furan rings is 1. The predicted molar refractivity (Wildman–Crippen MR) is 233 cm³/mol. The van der Waals surface area contributed by atoms with Gasteiger partial charge in [0, 0.05) is 16.3 Å². The second kappa shape index (κ2) is 12.7.